The molecular formula is C13H29NO3. The van der Waals surface area contributed by atoms with Crippen LogP contribution in [-0.4, -0.2) is 63.7 Å². The molecule has 17 heavy (non-hydrogen) atoms. The highest BCUT2D eigenvalue weighted by molar-refractivity contribution is 4.77. The van der Waals surface area contributed by atoms with E-state index >= 15 is 0 Å². The van der Waals surface area contributed by atoms with Gasteiger partial charge in [0.25, 0.3) is 0 Å². The van der Waals surface area contributed by atoms with E-state index in [-0.39, 0.29) is 12.0 Å². The molecule has 0 rings (SSSR count). The molecule has 0 amide bonds. The van der Waals surface area contributed by atoms with E-state index in [1.165, 1.54) is 0 Å². The fourth-order valence-electron chi connectivity index (χ4n) is 2.06. The molecule has 0 aliphatic rings. The van der Waals surface area contributed by atoms with Crippen LogP contribution in [-0.2, 0) is 9.47 Å². The van der Waals surface area contributed by atoms with Crippen molar-refractivity contribution in [3.63, 3.8) is 0 Å². The summed E-state index contributed by atoms with van der Waals surface area (Å²) in [6.45, 7) is 8.64. The molecule has 104 valence electrons. The Morgan fingerprint density at radius 3 is 2.00 bits per heavy atom. The first-order valence-electron chi connectivity index (χ1n) is 6.43. The number of hydrogen-bond acceptors (Lipinski definition) is 4. The lowest BCUT2D eigenvalue weighted by molar-refractivity contribution is 0.0503. The number of nitrogens with zero attached hydrogens (tertiary/aromatic N) is 1. The first-order chi connectivity index (χ1) is 8.11. The summed E-state index contributed by atoms with van der Waals surface area (Å²) in [4.78, 5) is 2.30. The SMILES string of the molecule is CCCC(C)(CO)CN(CCOC)CCOC. The standard InChI is InChI=1S/C13H29NO3/c1-5-6-13(2,12-15)11-14(7-9-16-3)8-10-17-4/h15H,5-12H2,1-4H3. The molecule has 4 heteroatoms. The largest absolute Gasteiger partial charge is 0.396 e. The maximum Gasteiger partial charge on any atom is 0.0589 e. The van der Waals surface area contributed by atoms with Crippen LogP contribution >= 0.6 is 0 Å². The molecule has 0 saturated carbocycles. The molecule has 0 bridgehead atoms. The molecular weight excluding hydrogens is 218 g/mol. The van der Waals surface area contributed by atoms with Crippen LogP contribution in [0.1, 0.15) is 26.7 Å². The van der Waals surface area contributed by atoms with E-state index in [1.807, 2.05) is 0 Å². The molecule has 1 atom stereocenters. The summed E-state index contributed by atoms with van der Waals surface area (Å²) < 4.78 is 10.2. The highest BCUT2D eigenvalue weighted by Crippen LogP contribution is 2.23. The van der Waals surface area contributed by atoms with Gasteiger partial charge in [0.2, 0.25) is 0 Å². The van der Waals surface area contributed by atoms with Crippen LogP contribution in [0.4, 0.5) is 0 Å². The number of rotatable bonds is 11. The van der Waals surface area contributed by atoms with Crippen molar-refractivity contribution >= 4 is 0 Å². The Hall–Kier alpha value is -0.160. The zero-order chi connectivity index (χ0) is 13.1. The lowest BCUT2D eigenvalue weighted by Gasteiger charge is -2.34. The Labute approximate surface area is 106 Å². The molecule has 0 aliphatic heterocycles. The average molecular weight is 247 g/mol. The average Bonchev–Trinajstić information content (AvgIpc) is 2.33. The highest BCUT2D eigenvalue weighted by Gasteiger charge is 2.25. The Morgan fingerprint density at radius 2 is 1.65 bits per heavy atom. The summed E-state index contributed by atoms with van der Waals surface area (Å²) in [6.07, 6.45) is 2.14. The molecule has 0 saturated heterocycles. The van der Waals surface area contributed by atoms with Crippen molar-refractivity contribution in [3.05, 3.63) is 0 Å². The van der Waals surface area contributed by atoms with E-state index in [0.717, 1.165) is 45.7 Å². The lowest BCUT2D eigenvalue weighted by atomic mass is 9.86. The fraction of sp³-hybridized carbons (Fsp3) is 1.00. The molecule has 0 aromatic rings. The quantitative estimate of drug-likeness (QED) is 0.599. The van der Waals surface area contributed by atoms with Gasteiger partial charge in [0, 0.05) is 45.9 Å². The topological polar surface area (TPSA) is 41.9 Å². The van der Waals surface area contributed by atoms with Crippen molar-refractivity contribution in [1.29, 1.82) is 0 Å². The summed E-state index contributed by atoms with van der Waals surface area (Å²) in [7, 11) is 3.43. The second-order valence-corrected chi connectivity index (χ2v) is 4.98. The molecule has 0 aromatic carbocycles. The van der Waals surface area contributed by atoms with Crippen LogP contribution in [0.2, 0.25) is 0 Å². The van der Waals surface area contributed by atoms with Gasteiger partial charge in [-0.05, 0) is 6.42 Å². The van der Waals surface area contributed by atoms with Crippen LogP contribution in [0, 0.1) is 5.41 Å². The van der Waals surface area contributed by atoms with Crippen LogP contribution in [0.15, 0.2) is 0 Å². The third-order valence-electron chi connectivity index (χ3n) is 3.06. The van der Waals surface area contributed by atoms with Crippen molar-refractivity contribution in [2.75, 3.05) is 53.7 Å². The second-order valence-electron chi connectivity index (χ2n) is 4.98. The zero-order valence-corrected chi connectivity index (χ0v) is 11.9. The van der Waals surface area contributed by atoms with Gasteiger partial charge in [0.1, 0.15) is 0 Å². The Kier molecular flexibility index (Phi) is 9.74. The third kappa shape index (κ3) is 7.71. The molecule has 0 spiro atoms. The van der Waals surface area contributed by atoms with Crippen molar-refractivity contribution in [2.24, 2.45) is 5.41 Å². The van der Waals surface area contributed by atoms with E-state index in [9.17, 15) is 5.11 Å². The van der Waals surface area contributed by atoms with Gasteiger partial charge in [0.05, 0.1) is 13.2 Å². The third-order valence-corrected chi connectivity index (χ3v) is 3.06. The predicted octanol–water partition coefficient (Wildman–Crippen LogP) is 1.38. The summed E-state index contributed by atoms with van der Waals surface area (Å²) in [6, 6.07) is 0. The molecule has 0 radical (unpaired) electrons. The van der Waals surface area contributed by atoms with Gasteiger partial charge >= 0.3 is 0 Å². The maximum atomic E-state index is 9.53. The number of ether oxygens (including phenoxy) is 2. The van der Waals surface area contributed by atoms with Gasteiger partial charge in [0.15, 0.2) is 0 Å². The normalized spacial score (nSPS) is 15.2. The van der Waals surface area contributed by atoms with Gasteiger partial charge in [-0.3, -0.25) is 4.90 Å². The van der Waals surface area contributed by atoms with Gasteiger partial charge in [-0.2, -0.15) is 0 Å². The summed E-state index contributed by atoms with van der Waals surface area (Å²) in [5.41, 5.74) is -0.0176. The molecule has 0 fully saturated rings. The number of methoxy groups -OCH3 is 2. The van der Waals surface area contributed by atoms with Gasteiger partial charge < -0.3 is 14.6 Å². The Balaban J connectivity index is 4.25. The van der Waals surface area contributed by atoms with E-state index in [0.29, 0.717) is 0 Å². The van der Waals surface area contributed by atoms with Gasteiger partial charge in [-0.1, -0.05) is 20.3 Å². The van der Waals surface area contributed by atoms with Crippen LogP contribution in [0.3, 0.4) is 0 Å². The van der Waals surface area contributed by atoms with E-state index in [2.05, 4.69) is 18.7 Å². The maximum absolute atomic E-state index is 9.53. The lowest BCUT2D eigenvalue weighted by Crippen LogP contribution is -2.41. The smallest absolute Gasteiger partial charge is 0.0589 e. The molecule has 4 nitrogen and oxygen atoms in total. The minimum Gasteiger partial charge on any atom is -0.396 e. The summed E-state index contributed by atoms with van der Waals surface area (Å²) in [5, 5.41) is 9.53. The summed E-state index contributed by atoms with van der Waals surface area (Å²) in [5.74, 6) is 0. The molecule has 1 N–H and O–H groups in total. The molecule has 0 aromatic heterocycles. The highest BCUT2D eigenvalue weighted by atomic mass is 16.5. The fourth-order valence-corrected chi connectivity index (χ4v) is 2.06. The summed E-state index contributed by atoms with van der Waals surface area (Å²) >= 11 is 0. The van der Waals surface area contributed by atoms with Crippen molar-refractivity contribution in [3.8, 4) is 0 Å². The minimum atomic E-state index is -0.0176. The van der Waals surface area contributed by atoms with E-state index < -0.39 is 0 Å². The van der Waals surface area contributed by atoms with Crippen molar-refractivity contribution in [1.82, 2.24) is 4.90 Å². The molecule has 0 aliphatic carbocycles. The Morgan fingerprint density at radius 1 is 1.12 bits per heavy atom. The first kappa shape index (κ1) is 16.8. The van der Waals surface area contributed by atoms with Crippen LogP contribution in [0.5, 0.6) is 0 Å². The van der Waals surface area contributed by atoms with E-state index in [4.69, 9.17) is 9.47 Å². The monoisotopic (exact) mass is 247 g/mol. The molecule has 0 heterocycles. The predicted molar refractivity (Wildman–Crippen MR) is 70.3 cm³/mol. The number of hydrogen-bond donors (Lipinski definition) is 1. The minimum absolute atomic E-state index is 0.0176. The van der Waals surface area contributed by atoms with Gasteiger partial charge in [-0.15, -0.1) is 0 Å². The zero-order valence-electron chi connectivity index (χ0n) is 11.9. The molecule has 1 unspecified atom stereocenters. The number of aliphatic hydroxyl groups is 1. The van der Waals surface area contributed by atoms with Crippen LogP contribution in [0.25, 0.3) is 0 Å². The van der Waals surface area contributed by atoms with Crippen LogP contribution < -0.4 is 0 Å². The Bertz CT molecular complexity index is 170. The van der Waals surface area contributed by atoms with Gasteiger partial charge in [-0.25, -0.2) is 0 Å². The van der Waals surface area contributed by atoms with E-state index in [1.54, 1.807) is 14.2 Å². The van der Waals surface area contributed by atoms with Crippen molar-refractivity contribution in [2.45, 2.75) is 26.7 Å². The number of aliphatic hydroxyl groups excluding tert-OH is 1. The second kappa shape index (κ2) is 9.83. The first-order valence-corrected chi connectivity index (χ1v) is 6.43. The van der Waals surface area contributed by atoms with Crippen molar-refractivity contribution < 1.29 is 14.6 Å².